The molecule has 0 spiro atoms. The lowest BCUT2D eigenvalue weighted by atomic mass is 9.97. The first-order chi connectivity index (χ1) is 13.1. The quantitative estimate of drug-likeness (QED) is 0.213. The standard InChI is InChI=1S/C17H32N4O6S/c1-5-9(2)13(15(24)19-11(17(26)27)6-7-28-4)21-16(25)14(10(3)22)20-12(23)8-18/h9-11,13-14,22H,5-8,18H2,1-4H3,(H,19,24)(H,20,23)(H,21,25)(H,26,27). The maximum absolute atomic E-state index is 12.7. The van der Waals surface area contributed by atoms with Crippen LogP contribution in [0.1, 0.15) is 33.6 Å². The van der Waals surface area contributed by atoms with Gasteiger partial charge >= 0.3 is 5.97 Å². The van der Waals surface area contributed by atoms with Crippen molar-refractivity contribution in [1.82, 2.24) is 16.0 Å². The summed E-state index contributed by atoms with van der Waals surface area (Å²) in [6, 6.07) is -3.39. The van der Waals surface area contributed by atoms with E-state index >= 15 is 0 Å². The molecule has 7 N–H and O–H groups in total. The Morgan fingerprint density at radius 2 is 1.61 bits per heavy atom. The fourth-order valence-electron chi connectivity index (χ4n) is 2.34. The van der Waals surface area contributed by atoms with Crippen LogP contribution in [0.25, 0.3) is 0 Å². The van der Waals surface area contributed by atoms with Gasteiger partial charge in [0.1, 0.15) is 18.1 Å². The van der Waals surface area contributed by atoms with Crippen LogP contribution < -0.4 is 21.7 Å². The van der Waals surface area contributed by atoms with E-state index < -0.39 is 47.9 Å². The third-order valence-electron chi connectivity index (χ3n) is 4.29. The molecule has 0 rings (SSSR count). The van der Waals surface area contributed by atoms with Crippen LogP contribution in [0.15, 0.2) is 0 Å². The predicted molar refractivity (Wildman–Crippen MR) is 107 cm³/mol. The molecule has 0 saturated heterocycles. The van der Waals surface area contributed by atoms with E-state index in [1.807, 2.05) is 13.2 Å². The van der Waals surface area contributed by atoms with E-state index in [1.165, 1.54) is 18.7 Å². The topological polar surface area (TPSA) is 171 Å². The van der Waals surface area contributed by atoms with E-state index in [4.69, 9.17) is 5.73 Å². The smallest absolute Gasteiger partial charge is 0.326 e. The molecule has 0 radical (unpaired) electrons. The first kappa shape index (κ1) is 26.1. The Hall–Kier alpha value is -1.85. The van der Waals surface area contributed by atoms with Gasteiger partial charge in [0, 0.05) is 0 Å². The van der Waals surface area contributed by atoms with E-state index in [1.54, 1.807) is 6.92 Å². The number of carboxylic acids is 1. The summed E-state index contributed by atoms with van der Waals surface area (Å²) in [5, 5.41) is 26.4. The number of carboxylic acid groups (broad SMARTS) is 1. The van der Waals surface area contributed by atoms with Crippen LogP contribution >= 0.6 is 11.8 Å². The predicted octanol–water partition coefficient (Wildman–Crippen LogP) is -1.34. The minimum atomic E-state index is -1.29. The van der Waals surface area contributed by atoms with E-state index in [0.29, 0.717) is 12.2 Å². The van der Waals surface area contributed by atoms with E-state index in [9.17, 15) is 29.4 Å². The van der Waals surface area contributed by atoms with Gasteiger partial charge < -0.3 is 31.9 Å². The van der Waals surface area contributed by atoms with Crippen molar-refractivity contribution in [3.63, 3.8) is 0 Å². The average molecular weight is 421 g/mol. The number of nitrogens with one attached hydrogen (secondary N) is 3. The number of thioether (sulfide) groups is 1. The second kappa shape index (κ2) is 13.3. The third-order valence-corrected chi connectivity index (χ3v) is 4.93. The molecule has 0 aromatic heterocycles. The van der Waals surface area contributed by atoms with Crippen molar-refractivity contribution in [2.24, 2.45) is 11.7 Å². The van der Waals surface area contributed by atoms with Gasteiger partial charge in [-0.15, -0.1) is 0 Å². The van der Waals surface area contributed by atoms with E-state index in [2.05, 4.69) is 16.0 Å². The highest BCUT2D eigenvalue weighted by Gasteiger charge is 2.33. The lowest BCUT2D eigenvalue weighted by Crippen LogP contribution is -2.60. The normalized spacial score (nSPS) is 16.2. The lowest BCUT2D eigenvalue weighted by Gasteiger charge is -2.28. The SMILES string of the molecule is CCC(C)C(NC(=O)C(NC(=O)CN)C(C)O)C(=O)NC(CCSC)C(=O)O. The summed E-state index contributed by atoms with van der Waals surface area (Å²) < 4.78 is 0. The number of aliphatic hydroxyl groups excluding tert-OH is 1. The van der Waals surface area contributed by atoms with Gasteiger partial charge in [-0.1, -0.05) is 20.3 Å². The molecule has 5 unspecified atom stereocenters. The van der Waals surface area contributed by atoms with Gasteiger partial charge in [0.2, 0.25) is 17.7 Å². The minimum absolute atomic E-state index is 0.242. The number of rotatable bonds is 13. The Bertz CT molecular complexity index is 546. The van der Waals surface area contributed by atoms with Gasteiger partial charge in [-0.05, 0) is 31.3 Å². The molecular weight excluding hydrogens is 388 g/mol. The molecule has 0 bridgehead atoms. The average Bonchev–Trinajstić information content (AvgIpc) is 2.65. The van der Waals surface area contributed by atoms with Gasteiger partial charge in [0.15, 0.2) is 0 Å². The molecule has 11 heteroatoms. The number of nitrogens with two attached hydrogens (primary N) is 1. The van der Waals surface area contributed by atoms with Crippen molar-refractivity contribution < 1.29 is 29.4 Å². The first-order valence-electron chi connectivity index (χ1n) is 9.08. The van der Waals surface area contributed by atoms with Gasteiger partial charge in [-0.25, -0.2) is 4.79 Å². The maximum Gasteiger partial charge on any atom is 0.326 e. The summed E-state index contributed by atoms with van der Waals surface area (Å²) in [6.07, 6.45) is 1.39. The molecule has 162 valence electrons. The van der Waals surface area contributed by atoms with Gasteiger partial charge in [-0.2, -0.15) is 11.8 Å². The Balaban J connectivity index is 5.33. The van der Waals surface area contributed by atoms with Crippen molar-refractivity contribution in [3.05, 3.63) is 0 Å². The number of carbonyl (C=O) groups excluding carboxylic acids is 3. The number of hydrogen-bond donors (Lipinski definition) is 6. The molecule has 0 aliphatic heterocycles. The number of amides is 3. The van der Waals surface area contributed by atoms with Crippen LogP contribution in [-0.2, 0) is 19.2 Å². The molecular formula is C17H32N4O6S. The fourth-order valence-corrected chi connectivity index (χ4v) is 2.81. The second-order valence-electron chi connectivity index (χ2n) is 6.54. The molecule has 0 heterocycles. The molecule has 5 atom stereocenters. The summed E-state index contributed by atoms with van der Waals surface area (Å²) >= 11 is 1.46. The highest BCUT2D eigenvalue weighted by molar-refractivity contribution is 7.98. The van der Waals surface area contributed by atoms with Crippen LogP contribution in [0, 0.1) is 5.92 Å². The molecule has 0 aromatic rings. The summed E-state index contributed by atoms with van der Waals surface area (Å²) in [5.41, 5.74) is 5.22. The Labute approximate surface area is 169 Å². The van der Waals surface area contributed by atoms with Crippen LogP contribution in [0.5, 0.6) is 0 Å². The van der Waals surface area contributed by atoms with Crippen molar-refractivity contribution in [2.75, 3.05) is 18.6 Å². The van der Waals surface area contributed by atoms with E-state index in [0.717, 1.165) is 0 Å². The Kier molecular flexibility index (Phi) is 12.5. The Morgan fingerprint density at radius 1 is 1.04 bits per heavy atom. The third kappa shape index (κ3) is 8.89. The van der Waals surface area contributed by atoms with Crippen LogP contribution in [0.2, 0.25) is 0 Å². The van der Waals surface area contributed by atoms with E-state index in [-0.39, 0.29) is 18.9 Å². The highest BCUT2D eigenvalue weighted by Crippen LogP contribution is 2.10. The second-order valence-corrected chi connectivity index (χ2v) is 7.53. The van der Waals surface area contributed by atoms with Crippen LogP contribution in [0.4, 0.5) is 0 Å². The molecule has 10 nitrogen and oxygen atoms in total. The van der Waals surface area contributed by atoms with Gasteiger partial charge in [0.05, 0.1) is 12.6 Å². The minimum Gasteiger partial charge on any atom is -0.480 e. The van der Waals surface area contributed by atoms with Crippen molar-refractivity contribution >= 4 is 35.5 Å². The van der Waals surface area contributed by atoms with Crippen LogP contribution in [-0.4, -0.2) is 76.7 Å². The zero-order valence-corrected chi connectivity index (χ0v) is 17.5. The zero-order valence-electron chi connectivity index (χ0n) is 16.7. The van der Waals surface area contributed by atoms with Gasteiger partial charge in [0.25, 0.3) is 0 Å². The first-order valence-corrected chi connectivity index (χ1v) is 10.5. The van der Waals surface area contributed by atoms with Crippen LogP contribution in [0.3, 0.4) is 0 Å². The molecule has 3 amide bonds. The van der Waals surface area contributed by atoms with Crippen molar-refractivity contribution in [3.8, 4) is 0 Å². The van der Waals surface area contributed by atoms with Gasteiger partial charge in [-0.3, -0.25) is 14.4 Å². The fraction of sp³-hybridized carbons (Fsp3) is 0.765. The number of aliphatic carboxylic acids is 1. The number of carbonyl (C=O) groups is 4. The molecule has 0 aliphatic rings. The number of hydrogen-bond acceptors (Lipinski definition) is 7. The molecule has 0 fully saturated rings. The molecule has 28 heavy (non-hydrogen) atoms. The zero-order chi connectivity index (χ0) is 21.9. The highest BCUT2D eigenvalue weighted by atomic mass is 32.2. The lowest BCUT2D eigenvalue weighted by molar-refractivity contribution is -0.142. The number of aliphatic hydroxyl groups is 1. The largest absolute Gasteiger partial charge is 0.480 e. The molecule has 0 aromatic carbocycles. The maximum atomic E-state index is 12.7. The molecule has 0 saturated carbocycles. The summed E-state index contributed by atoms with van der Waals surface area (Å²) in [6.45, 7) is 4.52. The summed E-state index contributed by atoms with van der Waals surface area (Å²) in [4.78, 5) is 48.1. The summed E-state index contributed by atoms with van der Waals surface area (Å²) in [7, 11) is 0. The summed E-state index contributed by atoms with van der Waals surface area (Å²) in [5.74, 6) is -2.94. The van der Waals surface area contributed by atoms with Crippen molar-refractivity contribution in [1.29, 1.82) is 0 Å². The monoisotopic (exact) mass is 420 g/mol. The van der Waals surface area contributed by atoms with Crippen molar-refractivity contribution in [2.45, 2.75) is 57.8 Å². The Morgan fingerprint density at radius 3 is 2.04 bits per heavy atom. The molecule has 0 aliphatic carbocycles.